The predicted octanol–water partition coefficient (Wildman–Crippen LogP) is 3.98. The van der Waals surface area contributed by atoms with E-state index in [0.29, 0.717) is 30.8 Å². The topological polar surface area (TPSA) is 118 Å². The van der Waals surface area contributed by atoms with Crippen LogP contribution in [0.5, 0.6) is 0 Å². The van der Waals surface area contributed by atoms with E-state index in [-0.39, 0.29) is 40.9 Å². The number of pyridine rings is 1. The van der Waals surface area contributed by atoms with Crippen LogP contribution >= 0.6 is 11.6 Å². The molecule has 0 aliphatic carbocycles. The van der Waals surface area contributed by atoms with Gasteiger partial charge in [0, 0.05) is 36.6 Å². The quantitative estimate of drug-likeness (QED) is 0.562. The molecule has 9 nitrogen and oxygen atoms in total. The fraction of sp³-hybridized carbons (Fsp3) is 0.409. The molecule has 0 bridgehead atoms. The Bertz CT molecular complexity index is 1100. The number of hydrogen-bond acceptors (Lipinski definition) is 6. The predicted molar refractivity (Wildman–Crippen MR) is 126 cm³/mol. The Hall–Kier alpha value is -2.69. The molecule has 1 aromatic carbocycles. The van der Waals surface area contributed by atoms with Crippen LogP contribution in [-0.4, -0.2) is 49.4 Å². The van der Waals surface area contributed by atoms with Gasteiger partial charge in [0.25, 0.3) is 0 Å². The molecule has 1 fully saturated rings. The van der Waals surface area contributed by atoms with Crippen molar-refractivity contribution in [2.75, 3.05) is 30.3 Å². The molecule has 0 unspecified atom stereocenters. The van der Waals surface area contributed by atoms with Crippen molar-refractivity contribution >= 4 is 45.0 Å². The minimum absolute atomic E-state index is 0.0363. The molecule has 1 aliphatic rings. The highest BCUT2D eigenvalue weighted by Gasteiger charge is 2.33. The first-order valence-corrected chi connectivity index (χ1v) is 12.4. The number of halogens is 1. The fourth-order valence-corrected chi connectivity index (χ4v) is 5.27. The molecular formula is C22H27ClN4O5S. The van der Waals surface area contributed by atoms with E-state index in [4.69, 9.17) is 16.3 Å². The number of carbonyl (C=O) groups excluding carboxylic acids is 2. The van der Waals surface area contributed by atoms with Crippen molar-refractivity contribution in [3.8, 4) is 0 Å². The smallest absolute Gasteiger partial charge is 0.411 e. The first-order valence-electron chi connectivity index (χ1n) is 10.6. The molecular weight excluding hydrogens is 468 g/mol. The van der Waals surface area contributed by atoms with E-state index in [1.165, 1.54) is 22.6 Å². The lowest BCUT2D eigenvalue weighted by molar-refractivity contribution is -0.120. The zero-order valence-corrected chi connectivity index (χ0v) is 20.0. The summed E-state index contributed by atoms with van der Waals surface area (Å²) >= 11 is 5.96. The average molecular weight is 495 g/mol. The Kier molecular flexibility index (Phi) is 8.28. The minimum Gasteiger partial charge on any atom is -0.449 e. The van der Waals surface area contributed by atoms with Gasteiger partial charge in [-0.05, 0) is 49.1 Å². The molecule has 11 heteroatoms. The molecule has 1 aromatic heterocycles. The van der Waals surface area contributed by atoms with Gasteiger partial charge in [-0.15, -0.1) is 0 Å². The number of nitrogens with one attached hydrogen (secondary N) is 2. The largest absolute Gasteiger partial charge is 0.449 e. The van der Waals surface area contributed by atoms with E-state index in [0.717, 1.165) is 0 Å². The Morgan fingerprint density at radius 3 is 2.45 bits per heavy atom. The third-order valence-corrected chi connectivity index (χ3v) is 7.44. The van der Waals surface area contributed by atoms with Crippen LogP contribution in [0.2, 0.25) is 5.15 Å². The van der Waals surface area contributed by atoms with E-state index in [2.05, 4.69) is 15.6 Å². The van der Waals surface area contributed by atoms with Gasteiger partial charge < -0.3 is 10.1 Å². The number of sulfonamides is 1. The number of nitrogens with zero attached hydrogens (tertiary/aromatic N) is 2. The third-order valence-electron chi connectivity index (χ3n) is 5.09. The van der Waals surface area contributed by atoms with Crippen LogP contribution in [0.15, 0.2) is 47.5 Å². The van der Waals surface area contributed by atoms with Crippen molar-refractivity contribution in [2.24, 2.45) is 11.8 Å². The molecule has 3 rings (SSSR count). The summed E-state index contributed by atoms with van der Waals surface area (Å²) in [5.74, 6) is -0.316. The Morgan fingerprint density at radius 2 is 1.82 bits per heavy atom. The van der Waals surface area contributed by atoms with Crippen LogP contribution in [0.25, 0.3) is 0 Å². The molecule has 178 valence electrons. The van der Waals surface area contributed by atoms with Crippen molar-refractivity contribution < 1.29 is 22.7 Å². The standard InChI is InChI=1S/C22H27ClN4O5S/c1-15(2)14-32-22(29)26-18-6-3-5-17(13-18)25-21(28)16-8-11-27(12-9-16)33(30,31)19-7-4-10-24-20(19)23/h3-7,10,13,15-16H,8-9,11-12,14H2,1-2H3,(H,25,28)(H,26,29). The summed E-state index contributed by atoms with van der Waals surface area (Å²) in [7, 11) is -3.77. The first-order chi connectivity index (χ1) is 15.7. The van der Waals surface area contributed by atoms with Crippen LogP contribution in [-0.2, 0) is 19.6 Å². The number of piperidine rings is 1. The van der Waals surface area contributed by atoms with Gasteiger partial charge in [0.05, 0.1) is 6.61 Å². The highest BCUT2D eigenvalue weighted by molar-refractivity contribution is 7.89. The number of carbonyl (C=O) groups is 2. The molecule has 33 heavy (non-hydrogen) atoms. The fourth-order valence-electron chi connectivity index (χ4n) is 3.38. The number of amides is 2. The average Bonchev–Trinajstić information content (AvgIpc) is 2.78. The van der Waals surface area contributed by atoms with Crippen molar-refractivity contribution in [3.63, 3.8) is 0 Å². The summed E-state index contributed by atoms with van der Waals surface area (Å²) in [6.07, 6.45) is 1.62. The Labute approximate surface area is 198 Å². The van der Waals surface area contributed by atoms with Crippen molar-refractivity contribution in [2.45, 2.75) is 31.6 Å². The summed E-state index contributed by atoms with van der Waals surface area (Å²) in [6.45, 7) is 4.60. The van der Waals surface area contributed by atoms with Gasteiger partial charge in [-0.2, -0.15) is 4.31 Å². The molecule has 0 spiro atoms. The van der Waals surface area contributed by atoms with Crippen LogP contribution < -0.4 is 10.6 Å². The molecule has 1 saturated heterocycles. The third kappa shape index (κ3) is 6.66. The summed E-state index contributed by atoms with van der Waals surface area (Å²) in [5, 5.41) is 5.40. The first kappa shape index (κ1) is 24.9. The van der Waals surface area contributed by atoms with Gasteiger partial charge >= 0.3 is 6.09 Å². The number of ether oxygens (including phenoxy) is 1. The van der Waals surface area contributed by atoms with Gasteiger partial charge in [-0.3, -0.25) is 10.1 Å². The Balaban J connectivity index is 1.55. The van der Waals surface area contributed by atoms with Crippen molar-refractivity contribution in [1.29, 1.82) is 0 Å². The lowest BCUT2D eigenvalue weighted by Crippen LogP contribution is -2.41. The lowest BCUT2D eigenvalue weighted by Gasteiger charge is -2.30. The van der Waals surface area contributed by atoms with E-state index in [9.17, 15) is 18.0 Å². The van der Waals surface area contributed by atoms with Crippen LogP contribution in [0.4, 0.5) is 16.2 Å². The molecule has 2 heterocycles. The minimum atomic E-state index is -3.77. The molecule has 0 radical (unpaired) electrons. The number of anilines is 2. The molecule has 0 saturated carbocycles. The maximum Gasteiger partial charge on any atom is 0.411 e. The van der Waals surface area contributed by atoms with Crippen molar-refractivity contribution in [3.05, 3.63) is 47.7 Å². The summed E-state index contributed by atoms with van der Waals surface area (Å²) in [4.78, 5) is 28.4. The summed E-state index contributed by atoms with van der Waals surface area (Å²) in [6, 6.07) is 9.69. The van der Waals surface area contributed by atoms with E-state index in [1.807, 2.05) is 13.8 Å². The molecule has 2 amide bonds. The van der Waals surface area contributed by atoms with E-state index >= 15 is 0 Å². The number of aromatic nitrogens is 1. The summed E-state index contributed by atoms with van der Waals surface area (Å²) < 4.78 is 32.1. The zero-order valence-electron chi connectivity index (χ0n) is 18.5. The normalized spacial score (nSPS) is 15.3. The van der Waals surface area contributed by atoms with Gasteiger partial charge in [-0.25, -0.2) is 18.2 Å². The maximum absolute atomic E-state index is 12.8. The lowest BCUT2D eigenvalue weighted by atomic mass is 9.97. The number of hydrogen-bond donors (Lipinski definition) is 2. The highest BCUT2D eigenvalue weighted by atomic mass is 35.5. The Morgan fingerprint density at radius 1 is 1.15 bits per heavy atom. The number of rotatable bonds is 7. The SMILES string of the molecule is CC(C)COC(=O)Nc1cccc(NC(=O)C2CCN(S(=O)(=O)c3cccnc3Cl)CC2)c1. The van der Waals surface area contributed by atoms with Crippen LogP contribution in [0.1, 0.15) is 26.7 Å². The van der Waals surface area contributed by atoms with Crippen molar-refractivity contribution in [1.82, 2.24) is 9.29 Å². The second-order valence-electron chi connectivity index (χ2n) is 8.16. The monoisotopic (exact) mass is 494 g/mol. The van der Waals surface area contributed by atoms with Gasteiger partial charge in [-0.1, -0.05) is 31.5 Å². The maximum atomic E-state index is 12.8. The summed E-state index contributed by atoms with van der Waals surface area (Å²) in [5.41, 5.74) is 1.02. The van der Waals surface area contributed by atoms with Gasteiger partial charge in [0.15, 0.2) is 0 Å². The molecule has 2 aromatic rings. The molecule has 2 N–H and O–H groups in total. The van der Waals surface area contributed by atoms with Crippen LogP contribution in [0.3, 0.4) is 0 Å². The molecule has 0 atom stereocenters. The second kappa shape index (κ2) is 11.0. The van der Waals surface area contributed by atoms with Crippen LogP contribution in [0, 0.1) is 11.8 Å². The second-order valence-corrected chi connectivity index (χ2v) is 10.4. The van der Waals surface area contributed by atoms with E-state index < -0.39 is 16.1 Å². The van der Waals surface area contributed by atoms with E-state index in [1.54, 1.807) is 24.3 Å². The van der Waals surface area contributed by atoms with Gasteiger partial charge in [0.2, 0.25) is 15.9 Å². The van der Waals surface area contributed by atoms with Gasteiger partial charge in [0.1, 0.15) is 10.0 Å². The number of benzene rings is 1. The molecule has 1 aliphatic heterocycles. The highest BCUT2D eigenvalue weighted by Crippen LogP contribution is 2.28. The zero-order chi connectivity index (χ0) is 24.0.